The molecule has 18 heavy (non-hydrogen) atoms. The number of hydrogen-bond donors (Lipinski definition) is 1. The standard InChI is InChI=1S/C12H17BrN2OS2/c1-3-4-8-9(13)12(16)15-11(14-8)10-7(2)17-5-6-18-10/h7,10H,3-6H2,1-2H3,(H,14,15,16). The van der Waals surface area contributed by atoms with Gasteiger partial charge in [-0.05, 0) is 22.4 Å². The van der Waals surface area contributed by atoms with Crippen molar-refractivity contribution >= 4 is 39.5 Å². The molecule has 1 N–H and O–H groups in total. The zero-order valence-corrected chi connectivity index (χ0v) is 13.8. The monoisotopic (exact) mass is 348 g/mol. The fourth-order valence-electron chi connectivity index (χ4n) is 2.00. The molecule has 3 nitrogen and oxygen atoms in total. The molecular weight excluding hydrogens is 332 g/mol. The third-order valence-corrected chi connectivity index (χ3v) is 6.81. The summed E-state index contributed by atoms with van der Waals surface area (Å²) in [6, 6.07) is 0. The van der Waals surface area contributed by atoms with E-state index in [9.17, 15) is 4.79 Å². The van der Waals surface area contributed by atoms with Gasteiger partial charge in [-0.25, -0.2) is 4.98 Å². The molecule has 0 saturated carbocycles. The Morgan fingerprint density at radius 3 is 2.83 bits per heavy atom. The van der Waals surface area contributed by atoms with E-state index in [0.29, 0.717) is 15.0 Å². The number of aromatic nitrogens is 2. The maximum absolute atomic E-state index is 11.9. The predicted molar refractivity (Wildman–Crippen MR) is 83.7 cm³/mol. The number of nitrogens with zero attached hydrogens (tertiary/aromatic N) is 1. The number of nitrogens with one attached hydrogen (secondary N) is 1. The van der Waals surface area contributed by atoms with Crippen molar-refractivity contribution in [1.82, 2.24) is 9.97 Å². The van der Waals surface area contributed by atoms with Crippen LogP contribution in [0.4, 0.5) is 0 Å². The van der Waals surface area contributed by atoms with Crippen molar-refractivity contribution in [1.29, 1.82) is 0 Å². The van der Waals surface area contributed by atoms with Crippen LogP contribution in [0.15, 0.2) is 9.27 Å². The Labute approximate surface area is 124 Å². The summed E-state index contributed by atoms with van der Waals surface area (Å²) in [4.78, 5) is 19.5. The Bertz CT molecular complexity index is 478. The molecule has 1 aliphatic rings. The minimum atomic E-state index is -0.0492. The van der Waals surface area contributed by atoms with Gasteiger partial charge in [-0.1, -0.05) is 20.3 Å². The zero-order valence-electron chi connectivity index (χ0n) is 10.5. The van der Waals surface area contributed by atoms with Crippen LogP contribution in [-0.4, -0.2) is 26.7 Å². The van der Waals surface area contributed by atoms with E-state index in [-0.39, 0.29) is 5.56 Å². The highest BCUT2D eigenvalue weighted by molar-refractivity contribution is 9.10. The molecule has 0 spiro atoms. The van der Waals surface area contributed by atoms with E-state index in [4.69, 9.17) is 0 Å². The molecule has 0 amide bonds. The second kappa shape index (κ2) is 6.48. The third kappa shape index (κ3) is 3.14. The molecule has 1 aromatic heterocycles. The van der Waals surface area contributed by atoms with Gasteiger partial charge in [-0.2, -0.15) is 11.8 Å². The first-order valence-corrected chi connectivity index (χ1v) is 9.04. The van der Waals surface area contributed by atoms with Gasteiger partial charge < -0.3 is 4.98 Å². The first-order chi connectivity index (χ1) is 8.63. The molecule has 2 atom stereocenters. The average molecular weight is 349 g/mol. The van der Waals surface area contributed by atoms with E-state index >= 15 is 0 Å². The number of aromatic amines is 1. The van der Waals surface area contributed by atoms with Gasteiger partial charge >= 0.3 is 0 Å². The lowest BCUT2D eigenvalue weighted by Crippen LogP contribution is -2.23. The lowest BCUT2D eigenvalue weighted by Gasteiger charge is -2.27. The van der Waals surface area contributed by atoms with Crippen molar-refractivity contribution in [2.45, 2.75) is 37.2 Å². The summed E-state index contributed by atoms with van der Waals surface area (Å²) < 4.78 is 0.592. The van der Waals surface area contributed by atoms with Crippen LogP contribution in [-0.2, 0) is 6.42 Å². The highest BCUT2D eigenvalue weighted by Gasteiger charge is 2.27. The minimum absolute atomic E-state index is 0.0492. The minimum Gasteiger partial charge on any atom is -0.309 e. The first kappa shape index (κ1) is 14.5. The maximum Gasteiger partial charge on any atom is 0.265 e. The molecule has 2 heterocycles. The molecule has 2 rings (SSSR count). The topological polar surface area (TPSA) is 45.8 Å². The summed E-state index contributed by atoms with van der Waals surface area (Å²) in [6.45, 7) is 4.31. The summed E-state index contributed by atoms with van der Waals surface area (Å²) in [7, 11) is 0. The molecule has 100 valence electrons. The normalized spacial score (nSPS) is 24.2. The summed E-state index contributed by atoms with van der Waals surface area (Å²) >= 11 is 7.19. The van der Waals surface area contributed by atoms with E-state index in [1.807, 2.05) is 23.5 Å². The van der Waals surface area contributed by atoms with Gasteiger partial charge in [0, 0.05) is 16.8 Å². The van der Waals surface area contributed by atoms with Gasteiger partial charge in [0.05, 0.1) is 10.9 Å². The van der Waals surface area contributed by atoms with Crippen molar-refractivity contribution in [2.24, 2.45) is 0 Å². The fourth-order valence-corrected chi connectivity index (χ4v) is 5.09. The lowest BCUT2D eigenvalue weighted by molar-refractivity contribution is 0.772. The van der Waals surface area contributed by atoms with Crippen LogP contribution in [0, 0.1) is 0 Å². The number of halogens is 1. The molecular formula is C12H17BrN2OS2. The highest BCUT2D eigenvalue weighted by atomic mass is 79.9. The quantitative estimate of drug-likeness (QED) is 0.909. The Hall–Kier alpha value is 0.0600. The molecule has 2 unspecified atom stereocenters. The third-order valence-electron chi connectivity index (χ3n) is 2.89. The highest BCUT2D eigenvalue weighted by Crippen LogP contribution is 2.40. The van der Waals surface area contributed by atoms with E-state index in [1.54, 1.807) is 0 Å². The smallest absolute Gasteiger partial charge is 0.265 e. The Balaban J connectivity index is 2.35. The molecule has 1 fully saturated rings. The van der Waals surface area contributed by atoms with Gasteiger partial charge in [-0.15, -0.1) is 11.8 Å². The maximum atomic E-state index is 11.9. The molecule has 6 heteroatoms. The van der Waals surface area contributed by atoms with Gasteiger partial charge in [0.15, 0.2) is 0 Å². The SMILES string of the molecule is CCCc1nc(C2SCCSC2C)[nH]c(=O)c1Br. The van der Waals surface area contributed by atoms with Gasteiger partial charge in [0.2, 0.25) is 0 Å². The summed E-state index contributed by atoms with van der Waals surface area (Å²) in [5, 5.41) is 0.808. The van der Waals surface area contributed by atoms with E-state index in [1.165, 1.54) is 5.75 Å². The van der Waals surface area contributed by atoms with Crippen LogP contribution < -0.4 is 5.56 Å². The van der Waals surface area contributed by atoms with E-state index < -0.39 is 0 Å². The number of hydrogen-bond acceptors (Lipinski definition) is 4. The second-order valence-electron chi connectivity index (χ2n) is 4.33. The number of aryl methyl sites for hydroxylation is 1. The van der Waals surface area contributed by atoms with Crippen LogP contribution in [0.5, 0.6) is 0 Å². The fraction of sp³-hybridized carbons (Fsp3) is 0.667. The Morgan fingerprint density at radius 2 is 2.17 bits per heavy atom. The van der Waals surface area contributed by atoms with Gasteiger partial charge in [0.25, 0.3) is 5.56 Å². The zero-order chi connectivity index (χ0) is 13.1. The van der Waals surface area contributed by atoms with Crippen LogP contribution in [0.3, 0.4) is 0 Å². The Morgan fingerprint density at radius 1 is 1.44 bits per heavy atom. The van der Waals surface area contributed by atoms with Crippen molar-refractivity contribution in [2.75, 3.05) is 11.5 Å². The lowest BCUT2D eigenvalue weighted by atomic mass is 10.2. The van der Waals surface area contributed by atoms with Crippen LogP contribution in [0.2, 0.25) is 0 Å². The van der Waals surface area contributed by atoms with Gasteiger partial charge in [0.1, 0.15) is 10.3 Å². The number of thioether (sulfide) groups is 2. The number of H-pyrrole nitrogens is 1. The van der Waals surface area contributed by atoms with Gasteiger partial charge in [-0.3, -0.25) is 4.79 Å². The molecule has 1 aromatic rings. The molecule has 0 aliphatic carbocycles. The van der Waals surface area contributed by atoms with Crippen molar-refractivity contribution in [3.05, 3.63) is 26.3 Å². The van der Waals surface area contributed by atoms with E-state index in [2.05, 4.69) is 39.7 Å². The predicted octanol–water partition coefficient (Wildman–Crippen LogP) is 3.39. The van der Waals surface area contributed by atoms with E-state index in [0.717, 1.165) is 30.1 Å². The molecule has 1 aliphatic heterocycles. The van der Waals surface area contributed by atoms with Crippen molar-refractivity contribution in [3.8, 4) is 0 Å². The number of rotatable bonds is 3. The Kier molecular flexibility index (Phi) is 5.21. The first-order valence-electron chi connectivity index (χ1n) is 6.15. The molecule has 0 radical (unpaired) electrons. The second-order valence-corrected chi connectivity index (χ2v) is 7.86. The van der Waals surface area contributed by atoms with Crippen molar-refractivity contribution < 1.29 is 0 Å². The van der Waals surface area contributed by atoms with Crippen LogP contribution in [0.1, 0.15) is 37.0 Å². The molecule has 0 aromatic carbocycles. The van der Waals surface area contributed by atoms with Crippen LogP contribution >= 0.6 is 39.5 Å². The van der Waals surface area contributed by atoms with Crippen molar-refractivity contribution in [3.63, 3.8) is 0 Å². The average Bonchev–Trinajstić information content (AvgIpc) is 2.35. The molecule has 1 saturated heterocycles. The van der Waals surface area contributed by atoms with Crippen LogP contribution in [0.25, 0.3) is 0 Å². The largest absolute Gasteiger partial charge is 0.309 e. The molecule has 0 bridgehead atoms. The summed E-state index contributed by atoms with van der Waals surface area (Å²) in [6.07, 6.45) is 1.84. The summed E-state index contributed by atoms with van der Waals surface area (Å²) in [5.41, 5.74) is 0.839. The summed E-state index contributed by atoms with van der Waals surface area (Å²) in [5.74, 6) is 3.16.